The molecule has 0 aliphatic rings. The molecule has 33 heavy (non-hydrogen) atoms. The molecule has 4 rings (SSSR count). The van der Waals surface area contributed by atoms with Gasteiger partial charge in [-0.25, -0.2) is 9.18 Å². The van der Waals surface area contributed by atoms with Crippen molar-refractivity contribution in [1.82, 2.24) is 9.72 Å². The molecule has 0 bridgehead atoms. The molecule has 0 fully saturated rings. The molecule has 2 aromatic heterocycles. The molecule has 4 aromatic rings. The monoisotopic (exact) mass is 464 g/mol. The van der Waals surface area contributed by atoms with Crippen molar-refractivity contribution in [3.05, 3.63) is 101 Å². The van der Waals surface area contributed by atoms with E-state index in [9.17, 15) is 18.8 Å². The minimum Gasteiger partial charge on any atom is -0.460 e. The van der Waals surface area contributed by atoms with E-state index in [2.05, 4.69) is 5.32 Å². The summed E-state index contributed by atoms with van der Waals surface area (Å²) in [5, 5.41) is 3.04. The van der Waals surface area contributed by atoms with Crippen molar-refractivity contribution in [2.45, 2.75) is 0 Å². The highest BCUT2D eigenvalue weighted by Gasteiger charge is 2.24. The van der Waals surface area contributed by atoms with E-state index in [-0.39, 0.29) is 24.4 Å². The Labute approximate surface area is 193 Å². The number of carbonyl (C=O) groups is 3. The Morgan fingerprint density at radius 2 is 1.70 bits per heavy atom. The lowest BCUT2D eigenvalue weighted by molar-refractivity contribution is -0.117. The highest BCUT2D eigenvalue weighted by atomic mass is 35.5. The fourth-order valence-electron chi connectivity index (χ4n) is 3.37. The Balaban J connectivity index is 1.46. The number of halogens is 2. The van der Waals surface area contributed by atoms with Gasteiger partial charge in [-0.3, -0.25) is 9.59 Å². The first-order chi connectivity index (χ1) is 15.9. The maximum Gasteiger partial charge on any atom is 0.338 e. The SMILES string of the molecule is O=C(NCCOC(=O)c1ccc(F)cc1)C(=O)c1c(-c2ccc(Cl)cc2)cc2ccccn12. The zero-order valence-electron chi connectivity index (χ0n) is 17.3. The van der Waals surface area contributed by atoms with Crippen molar-refractivity contribution in [2.24, 2.45) is 0 Å². The summed E-state index contributed by atoms with van der Waals surface area (Å²) >= 11 is 5.98. The fraction of sp³-hybridized carbons (Fsp3) is 0.0800. The van der Waals surface area contributed by atoms with Crippen molar-refractivity contribution in [2.75, 3.05) is 13.2 Å². The van der Waals surface area contributed by atoms with E-state index < -0.39 is 23.5 Å². The number of Topliss-reactive ketones (excluding diaryl/α,β-unsaturated/α-hetero) is 1. The van der Waals surface area contributed by atoms with Crippen LogP contribution in [0.4, 0.5) is 4.39 Å². The first-order valence-corrected chi connectivity index (χ1v) is 10.4. The van der Waals surface area contributed by atoms with E-state index in [1.807, 2.05) is 18.2 Å². The third kappa shape index (κ3) is 4.94. The van der Waals surface area contributed by atoms with Crippen LogP contribution in [0.25, 0.3) is 16.6 Å². The summed E-state index contributed by atoms with van der Waals surface area (Å²) in [4.78, 5) is 37.6. The number of ketones is 1. The maximum absolute atomic E-state index is 13.1. The summed E-state index contributed by atoms with van der Waals surface area (Å²) < 4.78 is 19.7. The van der Waals surface area contributed by atoms with E-state index in [0.717, 1.165) is 23.2 Å². The number of carbonyl (C=O) groups excluding carboxylic acids is 3. The molecule has 2 heterocycles. The first-order valence-electron chi connectivity index (χ1n) is 10.1. The maximum atomic E-state index is 13.1. The molecule has 0 atom stereocenters. The summed E-state index contributed by atoms with van der Waals surface area (Å²) in [6, 6.07) is 19.2. The van der Waals surface area contributed by atoms with Gasteiger partial charge in [-0.15, -0.1) is 0 Å². The van der Waals surface area contributed by atoms with Crippen LogP contribution in [0.5, 0.6) is 0 Å². The minimum atomic E-state index is -0.827. The number of esters is 1. The van der Waals surface area contributed by atoms with Crippen molar-refractivity contribution in [3.8, 4) is 11.1 Å². The van der Waals surface area contributed by atoms with Gasteiger partial charge in [-0.2, -0.15) is 0 Å². The fourth-order valence-corrected chi connectivity index (χ4v) is 3.50. The molecule has 0 unspecified atom stereocenters. The molecular formula is C25H18ClFN2O4. The zero-order chi connectivity index (χ0) is 23.4. The summed E-state index contributed by atoms with van der Waals surface area (Å²) in [6.45, 7) is -0.203. The quantitative estimate of drug-likeness (QED) is 0.188. The largest absolute Gasteiger partial charge is 0.460 e. The van der Waals surface area contributed by atoms with Crippen LogP contribution in [0.15, 0.2) is 79.0 Å². The predicted molar refractivity (Wildman–Crippen MR) is 122 cm³/mol. The van der Waals surface area contributed by atoms with Crippen LogP contribution < -0.4 is 5.32 Å². The summed E-state index contributed by atoms with van der Waals surface area (Å²) in [5.74, 6) is -2.67. The number of amides is 1. The van der Waals surface area contributed by atoms with Gasteiger partial charge in [0.15, 0.2) is 0 Å². The van der Waals surface area contributed by atoms with E-state index >= 15 is 0 Å². The molecule has 0 radical (unpaired) electrons. The van der Waals surface area contributed by atoms with E-state index in [1.165, 1.54) is 12.1 Å². The van der Waals surface area contributed by atoms with E-state index in [1.54, 1.807) is 40.9 Å². The topological polar surface area (TPSA) is 76.9 Å². The predicted octanol–water partition coefficient (Wildman–Crippen LogP) is 4.55. The Morgan fingerprint density at radius 1 is 0.970 bits per heavy atom. The number of benzene rings is 2. The van der Waals surface area contributed by atoms with Crippen LogP contribution >= 0.6 is 11.6 Å². The third-order valence-electron chi connectivity index (χ3n) is 4.96. The van der Waals surface area contributed by atoms with Crippen LogP contribution in [0.2, 0.25) is 5.02 Å². The van der Waals surface area contributed by atoms with Gasteiger partial charge >= 0.3 is 5.97 Å². The van der Waals surface area contributed by atoms with E-state index in [4.69, 9.17) is 16.3 Å². The number of ether oxygens (including phenoxy) is 1. The molecule has 0 saturated heterocycles. The lowest BCUT2D eigenvalue weighted by atomic mass is 10.0. The van der Waals surface area contributed by atoms with Crippen LogP contribution in [-0.4, -0.2) is 35.2 Å². The summed E-state index contributed by atoms with van der Waals surface area (Å²) in [5.41, 5.74) is 2.50. The zero-order valence-corrected chi connectivity index (χ0v) is 18.0. The van der Waals surface area contributed by atoms with Gasteiger partial charge in [0.25, 0.3) is 11.7 Å². The molecule has 0 saturated carbocycles. The number of pyridine rings is 1. The lowest BCUT2D eigenvalue weighted by Crippen LogP contribution is -2.34. The minimum absolute atomic E-state index is 0.0584. The van der Waals surface area contributed by atoms with Crippen LogP contribution in [0.1, 0.15) is 20.8 Å². The van der Waals surface area contributed by atoms with E-state index in [0.29, 0.717) is 10.6 Å². The number of fused-ring (bicyclic) bond motifs is 1. The van der Waals surface area contributed by atoms with Gasteiger partial charge < -0.3 is 14.5 Å². The second kappa shape index (κ2) is 9.67. The van der Waals surface area contributed by atoms with Crippen molar-refractivity contribution < 1.29 is 23.5 Å². The average Bonchev–Trinajstić information content (AvgIpc) is 3.21. The standard InChI is InChI=1S/C25H18ClFN2O4/c26-18-8-4-16(5-9-18)21-15-20-3-1-2-13-29(20)22(21)23(30)24(31)28-12-14-33-25(32)17-6-10-19(27)11-7-17/h1-11,13,15H,12,14H2,(H,28,31). The molecule has 0 aliphatic heterocycles. The molecule has 1 N–H and O–H groups in total. The van der Waals surface area contributed by atoms with Crippen molar-refractivity contribution in [3.63, 3.8) is 0 Å². The molecule has 8 heteroatoms. The number of rotatable bonds is 7. The Morgan fingerprint density at radius 3 is 2.42 bits per heavy atom. The molecule has 1 amide bonds. The number of nitrogens with one attached hydrogen (secondary N) is 1. The van der Waals surface area contributed by atoms with Gasteiger partial charge in [-0.05, 0) is 60.2 Å². The van der Waals surface area contributed by atoms with Gasteiger partial charge in [0.05, 0.1) is 12.1 Å². The molecular weight excluding hydrogens is 447 g/mol. The Bertz CT molecular complexity index is 1330. The number of nitrogens with zero attached hydrogens (tertiary/aromatic N) is 1. The second-order valence-electron chi connectivity index (χ2n) is 7.14. The van der Waals surface area contributed by atoms with Gasteiger partial charge in [0.2, 0.25) is 0 Å². The number of hydrogen-bond acceptors (Lipinski definition) is 4. The summed E-state index contributed by atoms with van der Waals surface area (Å²) in [7, 11) is 0. The normalized spacial score (nSPS) is 10.7. The van der Waals surface area contributed by atoms with Crippen LogP contribution in [0.3, 0.4) is 0 Å². The molecule has 0 spiro atoms. The van der Waals surface area contributed by atoms with Gasteiger partial charge in [0.1, 0.15) is 18.1 Å². The van der Waals surface area contributed by atoms with Gasteiger partial charge in [0, 0.05) is 22.3 Å². The first kappa shape index (κ1) is 22.2. The Kier molecular flexibility index (Phi) is 6.51. The molecule has 166 valence electrons. The average molecular weight is 465 g/mol. The van der Waals surface area contributed by atoms with Crippen molar-refractivity contribution >= 4 is 34.8 Å². The highest BCUT2D eigenvalue weighted by molar-refractivity contribution is 6.43. The van der Waals surface area contributed by atoms with Crippen LogP contribution in [0, 0.1) is 5.82 Å². The van der Waals surface area contributed by atoms with Crippen LogP contribution in [-0.2, 0) is 9.53 Å². The summed E-state index contributed by atoms with van der Waals surface area (Å²) in [6.07, 6.45) is 1.71. The molecule has 2 aromatic carbocycles. The number of hydrogen-bond donors (Lipinski definition) is 1. The highest BCUT2D eigenvalue weighted by Crippen LogP contribution is 2.29. The van der Waals surface area contributed by atoms with Gasteiger partial charge in [-0.1, -0.05) is 29.8 Å². The smallest absolute Gasteiger partial charge is 0.338 e. The lowest BCUT2D eigenvalue weighted by Gasteiger charge is -2.08. The third-order valence-corrected chi connectivity index (χ3v) is 5.21. The van der Waals surface area contributed by atoms with Crippen molar-refractivity contribution in [1.29, 1.82) is 0 Å². The molecule has 6 nitrogen and oxygen atoms in total. The second-order valence-corrected chi connectivity index (χ2v) is 7.57. The Hall–Kier alpha value is -3.97. The molecule has 0 aliphatic carbocycles. The number of aromatic nitrogens is 1.